The minimum atomic E-state index is -0.983. The summed E-state index contributed by atoms with van der Waals surface area (Å²) in [6.45, 7) is 4.51. The molecule has 1 saturated carbocycles. The zero-order valence-corrected chi connectivity index (χ0v) is 10.9. The molecule has 0 spiro atoms. The number of aromatic carboxylic acids is 1. The van der Waals surface area contributed by atoms with Gasteiger partial charge in [-0.25, -0.2) is 4.79 Å². The molecule has 0 amide bonds. The van der Waals surface area contributed by atoms with E-state index in [1.54, 1.807) is 6.07 Å². The third-order valence-electron chi connectivity index (χ3n) is 3.66. The summed E-state index contributed by atoms with van der Waals surface area (Å²) < 4.78 is 0. The number of benzene rings is 1. The summed E-state index contributed by atoms with van der Waals surface area (Å²) >= 11 is 0. The number of hydrogen-bond acceptors (Lipinski definition) is 3. The lowest BCUT2D eigenvalue weighted by atomic mass is 9.92. The predicted octanol–water partition coefficient (Wildman–Crippen LogP) is 2.96. The topological polar surface area (TPSA) is 75.3 Å². The number of para-hydroxylation sites is 1. The Morgan fingerprint density at radius 2 is 2.22 bits per heavy atom. The van der Waals surface area contributed by atoms with Gasteiger partial charge in [-0.3, -0.25) is 0 Å². The Balaban J connectivity index is 2.15. The second-order valence-electron chi connectivity index (χ2n) is 5.82. The van der Waals surface area contributed by atoms with E-state index < -0.39 is 5.97 Å². The van der Waals surface area contributed by atoms with E-state index in [-0.39, 0.29) is 5.56 Å². The van der Waals surface area contributed by atoms with Gasteiger partial charge >= 0.3 is 5.97 Å². The summed E-state index contributed by atoms with van der Waals surface area (Å²) in [5.41, 5.74) is 7.47. The first kappa shape index (κ1) is 12.7. The van der Waals surface area contributed by atoms with Crippen LogP contribution in [0.25, 0.3) is 0 Å². The zero-order chi connectivity index (χ0) is 13.3. The van der Waals surface area contributed by atoms with E-state index in [2.05, 4.69) is 19.2 Å². The van der Waals surface area contributed by atoms with E-state index in [4.69, 9.17) is 10.8 Å². The van der Waals surface area contributed by atoms with Crippen molar-refractivity contribution in [1.29, 1.82) is 0 Å². The van der Waals surface area contributed by atoms with Gasteiger partial charge in [-0.15, -0.1) is 0 Å². The van der Waals surface area contributed by atoms with Crippen LogP contribution < -0.4 is 11.1 Å². The molecule has 1 atom stereocenters. The Hall–Kier alpha value is -1.71. The number of carbonyl (C=O) groups is 1. The highest BCUT2D eigenvalue weighted by Gasteiger charge is 2.31. The average Bonchev–Trinajstić information content (AvgIpc) is 2.61. The van der Waals surface area contributed by atoms with E-state index in [9.17, 15) is 4.79 Å². The Morgan fingerprint density at radius 1 is 1.50 bits per heavy atom. The van der Waals surface area contributed by atoms with Gasteiger partial charge in [0.1, 0.15) is 0 Å². The molecule has 0 bridgehead atoms. The van der Waals surface area contributed by atoms with Gasteiger partial charge in [0.05, 0.1) is 16.9 Å². The highest BCUT2D eigenvalue weighted by atomic mass is 16.4. The number of hydrogen-bond donors (Lipinski definition) is 3. The third-order valence-corrected chi connectivity index (χ3v) is 3.66. The highest BCUT2D eigenvalue weighted by molar-refractivity contribution is 5.97. The maximum atomic E-state index is 11.0. The SMILES string of the molecule is CC1(C)CCC(Nc2cccc(C(=O)O)c2N)C1. The van der Waals surface area contributed by atoms with Crippen LogP contribution in [-0.4, -0.2) is 17.1 Å². The van der Waals surface area contributed by atoms with Crippen LogP contribution in [0.5, 0.6) is 0 Å². The van der Waals surface area contributed by atoms with Crippen LogP contribution in [0.2, 0.25) is 0 Å². The lowest BCUT2D eigenvalue weighted by Crippen LogP contribution is -2.19. The Labute approximate surface area is 107 Å². The van der Waals surface area contributed by atoms with Crippen molar-refractivity contribution in [2.24, 2.45) is 5.41 Å². The molecule has 0 aromatic heterocycles. The Kier molecular flexibility index (Phi) is 3.20. The molecule has 98 valence electrons. The first-order chi connectivity index (χ1) is 8.39. The maximum Gasteiger partial charge on any atom is 0.337 e. The van der Waals surface area contributed by atoms with Crippen LogP contribution in [0.3, 0.4) is 0 Å². The Bertz CT molecular complexity index is 469. The molecule has 1 aliphatic carbocycles. The van der Waals surface area contributed by atoms with Crippen molar-refractivity contribution in [3.63, 3.8) is 0 Å². The second-order valence-corrected chi connectivity index (χ2v) is 5.82. The quantitative estimate of drug-likeness (QED) is 0.719. The van der Waals surface area contributed by atoms with E-state index >= 15 is 0 Å². The van der Waals surface area contributed by atoms with Crippen LogP contribution >= 0.6 is 0 Å². The number of nitrogens with two attached hydrogens (primary N) is 1. The fourth-order valence-corrected chi connectivity index (χ4v) is 2.66. The third kappa shape index (κ3) is 2.58. The van der Waals surface area contributed by atoms with Gasteiger partial charge in [0.2, 0.25) is 0 Å². The van der Waals surface area contributed by atoms with Crippen molar-refractivity contribution in [2.75, 3.05) is 11.1 Å². The van der Waals surface area contributed by atoms with Crippen molar-refractivity contribution >= 4 is 17.3 Å². The van der Waals surface area contributed by atoms with Gasteiger partial charge in [0, 0.05) is 6.04 Å². The number of nitrogen functional groups attached to an aromatic ring is 1. The lowest BCUT2D eigenvalue weighted by Gasteiger charge is -2.20. The number of anilines is 2. The number of rotatable bonds is 3. The molecule has 2 rings (SSSR count). The van der Waals surface area contributed by atoms with Crippen molar-refractivity contribution in [3.8, 4) is 0 Å². The standard InChI is InChI=1S/C14H20N2O2/c1-14(2)7-6-9(8-14)16-11-5-3-4-10(12(11)15)13(17)18/h3-5,9,16H,6-8,15H2,1-2H3,(H,17,18). The van der Waals surface area contributed by atoms with Crippen molar-refractivity contribution in [3.05, 3.63) is 23.8 Å². The predicted molar refractivity (Wildman–Crippen MR) is 72.9 cm³/mol. The first-order valence-corrected chi connectivity index (χ1v) is 6.27. The molecule has 4 heteroatoms. The minimum absolute atomic E-state index is 0.164. The molecule has 1 unspecified atom stereocenters. The van der Waals surface area contributed by atoms with Gasteiger partial charge < -0.3 is 16.2 Å². The number of nitrogens with one attached hydrogen (secondary N) is 1. The summed E-state index contributed by atoms with van der Waals surface area (Å²) in [5, 5.41) is 12.4. The number of carboxylic acid groups (broad SMARTS) is 1. The molecule has 0 aliphatic heterocycles. The summed E-state index contributed by atoms with van der Waals surface area (Å²) in [6, 6.07) is 5.47. The molecule has 0 radical (unpaired) electrons. The molecule has 0 heterocycles. The van der Waals surface area contributed by atoms with E-state index in [0.717, 1.165) is 18.5 Å². The molecule has 1 fully saturated rings. The molecule has 4 N–H and O–H groups in total. The zero-order valence-electron chi connectivity index (χ0n) is 10.9. The van der Waals surface area contributed by atoms with Gasteiger partial charge in [-0.2, -0.15) is 0 Å². The van der Waals surface area contributed by atoms with Crippen molar-refractivity contribution in [1.82, 2.24) is 0 Å². The van der Waals surface area contributed by atoms with Gasteiger partial charge in [0.15, 0.2) is 0 Å². The molecule has 1 aliphatic rings. The molecule has 0 saturated heterocycles. The molecule has 1 aromatic rings. The summed E-state index contributed by atoms with van der Waals surface area (Å²) in [6.07, 6.45) is 3.37. The number of carboxylic acids is 1. The lowest BCUT2D eigenvalue weighted by molar-refractivity contribution is 0.0698. The van der Waals surface area contributed by atoms with Crippen molar-refractivity contribution in [2.45, 2.75) is 39.2 Å². The van der Waals surface area contributed by atoms with Crippen LogP contribution in [0, 0.1) is 5.41 Å². The fourth-order valence-electron chi connectivity index (χ4n) is 2.66. The van der Waals surface area contributed by atoms with Crippen molar-refractivity contribution < 1.29 is 9.90 Å². The summed E-state index contributed by atoms with van der Waals surface area (Å²) in [5.74, 6) is -0.983. The van der Waals surface area contributed by atoms with E-state index in [1.165, 1.54) is 12.5 Å². The smallest absolute Gasteiger partial charge is 0.337 e. The van der Waals surface area contributed by atoms with Crippen LogP contribution in [0.1, 0.15) is 43.5 Å². The summed E-state index contributed by atoms with van der Waals surface area (Å²) in [7, 11) is 0. The van der Waals surface area contributed by atoms with E-state index in [1.807, 2.05) is 6.07 Å². The van der Waals surface area contributed by atoms with Gasteiger partial charge in [-0.1, -0.05) is 19.9 Å². The van der Waals surface area contributed by atoms with Gasteiger partial charge in [-0.05, 0) is 36.8 Å². The van der Waals surface area contributed by atoms with E-state index in [0.29, 0.717) is 17.1 Å². The van der Waals surface area contributed by atoms with Crippen LogP contribution in [0.4, 0.5) is 11.4 Å². The molecule has 18 heavy (non-hydrogen) atoms. The minimum Gasteiger partial charge on any atom is -0.478 e. The molecule has 4 nitrogen and oxygen atoms in total. The Morgan fingerprint density at radius 3 is 2.78 bits per heavy atom. The van der Waals surface area contributed by atoms with Crippen LogP contribution in [-0.2, 0) is 0 Å². The molecular formula is C14H20N2O2. The first-order valence-electron chi connectivity index (χ1n) is 6.27. The van der Waals surface area contributed by atoms with Gasteiger partial charge in [0.25, 0.3) is 0 Å². The molecular weight excluding hydrogens is 228 g/mol. The summed E-state index contributed by atoms with van der Waals surface area (Å²) in [4.78, 5) is 11.0. The normalized spacial score (nSPS) is 21.8. The highest BCUT2D eigenvalue weighted by Crippen LogP contribution is 2.39. The maximum absolute atomic E-state index is 11.0. The monoisotopic (exact) mass is 248 g/mol. The average molecular weight is 248 g/mol. The second kappa shape index (κ2) is 4.52. The largest absolute Gasteiger partial charge is 0.478 e. The fraction of sp³-hybridized carbons (Fsp3) is 0.500. The van der Waals surface area contributed by atoms with Crippen LogP contribution in [0.15, 0.2) is 18.2 Å². The molecule has 1 aromatic carbocycles.